The van der Waals surface area contributed by atoms with Crippen LogP contribution in [0.15, 0.2) is 22.7 Å². The minimum Gasteiger partial charge on any atom is -0.495 e. The highest BCUT2D eigenvalue weighted by atomic mass is 16.5. The summed E-state index contributed by atoms with van der Waals surface area (Å²) in [6.07, 6.45) is 0. The monoisotopic (exact) mass is 289 g/mol. The molecular formula is C15H19N3O3. The lowest BCUT2D eigenvalue weighted by Crippen LogP contribution is -2.28. The van der Waals surface area contributed by atoms with Gasteiger partial charge in [-0.2, -0.15) is 0 Å². The van der Waals surface area contributed by atoms with Crippen LogP contribution in [0.25, 0.3) is 0 Å². The van der Waals surface area contributed by atoms with Crippen molar-refractivity contribution in [3.8, 4) is 5.75 Å². The number of anilines is 1. The molecule has 1 atom stereocenters. The standard InChI is InChI=1S/C15H19N3O3/c1-8(13-9(2)18-21-10(13)3)17-15(19)11-6-5-7-12(20-4)14(11)16/h5-8H,16H2,1-4H3,(H,17,19). The third kappa shape index (κ3) is 2.84. The van der Waals surface area contributed by atoms with Crippen LogP contribution in [0.5, 0.6) is 5.75 Å². The van der Waals surface area contributed by atoms with E-state index < -0.39 is 0 Å². The van der Waals surface area contributed by atoms with Crippen LogP contribution in [0.4, 0.5) is 5.69 Å². The quantitative estimate of drug-likeness (QED) is 0.843. The number of benzene rings is 1. The molecular weight excluding hydrogens is 270 g/mol. The van der Waals surface area contributed by atoms with Gasteiger partial charge in [0.25, 0.3) is 5.91 Å². The van der Waals surface area contributed by atoms with Gasteiger partial charge in [0.15, 0.2) is 0 Å². The summed E-state index contributed by atoms with van der Waals surface area (Å²) >= 11 is 0. The van der Waals surface area contributed by atoms with E-state index in [0.717, 1.165) is 11.3 Å². The minimum atomic E-state index is -0.265. The SMILES string of the molecule is COc1cccc(C(=O)NC(C)c2c(C)noc2C)c1N. The van der Waals surface area contributed by atoms with Crippen LogP contribution in [0.1, 0.15) is 40.3 Å². The van der Waals surface area contributed by atoms with Gasteiger partial charge in [-0.15, -0.1) is 0 Å². The molecule has 0 saturated carbocycles. The van der Waals surface area contributed by atoms with Gasteiger partial charge in [0.05, 0.1) is 30.1 Å². The topological polar surface area (TPSA) is 90.4 Å². The van der Waals surface area contributed by atoms with E-state index in [1.807, 2.05) is 20.8 Å². The maximum absolute atomic E-state index is 12.4. The number of para-hydroxylation sites is 1. The van der Waals surface area contributed by atoms with Crippen molar-refractivity contribution in [2.45, 2.75) is 26.8 Å². The largest absolute Gasteiger partial charge is 0.495 e. The van der Waals surface area contributed by atoms with E-state index in [9.17, 15) is 4.79 Å². The van der Waals surface area contributed by atoms with Gasteiger partial charge in [-0.3, -0.25) is 4.79 Å². The average Bonchev–Trinajstić information content (AvgIpc) is 2.78. The van der Waals surface area contributed by atoms with E-state index in [1.165, 1.54) is 7.11 Å². The molecule has 1 unspecified atom stereocenters. The molecule has 1 aromatic heterocycles. The van der Waals surface area contributed by atoms with Gasteiger partial charge in [0, 0.05) is 5.56 Å². The Morgan fingerprint density at radius 2 is 2.14 bits per heavy atom. The summed E-state index contributed by atoms with van der Waals surface area (Å²) in [5, 5.41) is 6.79. The molecule has 0 aliphatic heterocycles. The number of hydrogen-bond donors (Lipinski definition) is 2. The Bertz CT molecular complexity index is 645. The summed E-state index contributed by atoms with van der Waals surface area (Å²) < 4.78 is 10.2. The average molecular weight is 289 g/mol. The number of aromatic nitrogens is 1. The fourth-order valence-corrected chi connectivity index (χ4v) is 2.37. The summed E-state index contributed by atoms with van der Waals surface area (Å²) in [5.41, 5.74) is 8.28. The molecule has 0 aliphatic rings. The Kier molecular flexibility index (Phi) is 4.16. The Hall–Kier alpha value is -2.50. The third-order valence-electron chi connectivity index (χ3n) is 3.40. The molecule has 3 N–H and O–H groups in total. The van der Waals surface area contributed by atoms with Crippen molar-refractivity contribution in [3.05, 3.63) is 40.8 Å². The summed E-state index contributed by atoms with van der Waals surface area (Å²) in [4.78, 5) is 12.4. The zero-order valence-corrected chi connectivity index (χ0v) is 12.6. The second kappa shape index (κ2) is 5.87. The van der Waals surface area contributed by atoms with E-state index in [2.05, 4.69) is 10.5 Å². The number of nitrogens with two attached hydrogens (primary N) is 1. The summed E-state index contributed by atoms with van der Waals surface area (Å²) in [7, 11) is 1.51. The zero-order chi connectivity index (χ0) is 15.6. The number of methoxy groups -OCH3 is 1. The number of rotatable bonds is 4. The van der Waals surface area contributed by atoms with E-state index in [-0.39, 0.29) is 11.9 Å². The fourth-order valence-electron chi connectivity index (χ4n) is 2.37. The molecule has 0 bridgehead atoms. The van der Waals surface area contributed by atoms with Crippen LogP contribution in [0.2, 0.25) is 0 Å². The molecule has 0 radical (unpaired) electrons. The minimum absolute atomic E-state index is 0.227. The number of aryl methyl sites for hydroxylation is 2. The molecule has 1 amide bonds. The van der Waals surface area contributed by atoms with E-state index >= 15 is 0 Å². The van der Waals surface area contributed by atoms with Crippen LogP contribution in [-0.4, -0.2) is 18.2 Å². The van der Waals surface area contributed by atoms with Gasteiger partial charge in [-0.25, -0.2) is 0 Å². The fraction of sp³-hybridized carbons (Fsp3) is 0.333. The van der Waals surface area contributed by atoms with E-state index in [1.54, 1.807) is 18.2 Å². The summed E-state index contributed by atoms with van der Waals surface area (Å²) in [5.74, 6) is 0.908. The van der Waals surface area contributed by atoms with Crippen molar-refractivity contribution in [2.75, 3.05) is 12.8 Å². The second-order valence-electron chi connectivity index (χ2n) is 4.85. The molecule has 1 heterocycles. The Morgan fingerprint density at radius 1 is 1.43 bits per heavy atom. The van der Waals surface area contributed by atoms with Gasteiger partial charge in [-0.1, -0.05) is 11.2 Å². The first-order valence-corrected chi connectivity index (χ1v) is 6.61. The second-order valence-corrected chi connectivity index (χ2v) is 4.85. The molecule has 0 saturated heterocycles. The number of nitrogen functional groups attached to an aromatic ring is 1. The van der Waals surface area contributed by atoms with Crippen LogP contribution < -0.4 is 15.8 Å². The smallest absolute Gasteiger partial charge is 0.253 e. The van der Waals surface area contributed by atoms with Gasteiger partial charge in [-0.05, 0) is 32.9 Å². The number of nitrogens with zero attached hydrogens (tertiary/aromatic N) is 1. The molecule has 2 rings (SSSR count). The molecule has 0 fully saturated rings. The van der Waals surface area contributed by atoms with Gasteiger partial charge in [0.2, 0.25) is 0 Å². The first-order chi connectivity index (χ1) is 9.95. The number of carbonyl (C=O) groups is 1. The Balaban J connectivity index is 2.23. The molecule has 6 nitrogen and oxygen atoms in total. The number of amides is 1. The van der Waals surface area contributed by atoms with Crippen molar-refractivity contribution >= 4 is 11.6 Å². The summed E-state index contributed by atoms with van der Waals surface area (Å²) in [6.45, 7) is 5.53. The van der Waals surface area contributed by atoms with E-state index in [0.29, 0.717) is 22.8 Å². The van der Waals surface area contributed by atoms with Crippen LogP contribution in [0.3, 0.4) is 0 Å². The van der Waals surface area contributed by atoms with Crippen LogP contribution in [0, 0.1) is 13.8 Å². The normalized spacial score (nSPS) is 12.0. The number of carbonyl (C=O) groups excluding carboxylic acids is 1. The molecule has 21 heavy (non-hydrogen) atoms. The number of ether oxygens (including phenoxy) is 1. The predicted octanol–water partition coefficient (Wildman–Crippen LogP) is 2.37. The predicted molar refractivity (Wildman–Crippen MR) is 79.3 cm³/mol. The third-order valence-corrected chi connectivity index (χ3v) is 3.40. The van der Waals surface area contributed by atoms with Gasteiger partial charge in [0.1, 0.15) is 11.5 Å². The van der Waals surface area contributed by atoms with Crippen molar-refractivity contribution in [1.82, 2.24) is 10.5 Å². The highest BCUT2D eigenvalue weighted by Gasteiger charge is 2.20. The molecule has 112 valence electrons. The van der Waals surface area contributed by atoms with Gasteiger partial charge < -0.3 is 20.3 Å². The maximum atomic E-state index is 12.4. The van der Waals surface area contributed by atoms with Crippen molar-refractivity contribution in [1.29, 1.82) is 0 Å². The van der Waals surface area contributed by atoms with Crippen molar-refractivity contribution in [3.63, 3.8) is 0 Å². The molecule has 0 spiro atoms. The molecule has 1 aromatic carbocycles. The zero-order valence-electron chi connectivity index (χ0n) is 12.6. The van der Waals surface area contributed by atoms with Crippen LogP contribution in [-0.2, 0) is 0 Å². The van der Waals surface area contributed by atoms with Gasteiger partial charge >= 0.3 is 0 Å². The number of nitrogens with one attached hydrogen (secondary N) is 1. The summed E-state index contributed by atoms with van der Waals surface area (Å²) in [6, 6.07) is 4.87. The molecule has 6 heteroatoms. The maximum Gasteiger partial charge on any atom is 0.253 e. The first kappa shape index (κ1) is 14.9. The van der Waals surface area contributed by atoms with Crippen molar-refractivity contribution < 1.29 is 14.1 Å². The Morgan fingerprint density at radius 3 is 2.71 bits per heavy atom. The number of hydrogen-bond acceptors (Lipinski definition) is 5. The highest BCUT2D eigenvalue weighted by molar-refractivity contribution is 6.00. The van der Waals surface area contributed by atoms with Crippen molar-refractivity contribution in [2.24, 2.45) is 0 Å². The lowest BCUT2D eigenvalue weighted by Gasteiger charge is -2.15. The van der Waals surface area contributed by atoms with E-state index in [4.69, 9.17) is 15.0 Å². The molecule has 0 aliphatic carbocycles. The highest BCUT2D eigenvalue weighted by Crippen LogP contribution is 2.26. The van der Waals surface area contributed by atoms with Crippen LogP contribution >= 0.6 is 0 Å². The Labute approximate surface area is 123 Å². The lowest BCUT2D eigenvalue weighted by atomic mass is 10.1. The molecule has 2 aromatic rings. The lowest BCUT2D eigenvalue weighted by molar-refractivity contribution is 0.0940. The first-order valence-electron chi connectivity index (χ1n) is 6.61.